The van der Waals surface area contributed by atoms with Gasteiger partial charge in [-0.05, 0) is 62.5 Å². The molecule has 0 saturated carbocycles. The number of ketones is 3. The highest BCUT2D eigenvalue weighted by atomic mass is 16.5. The minimum atomic E-state index is -1.55. The van der Waals surface area contributed by atoms with Crippen LogP contribution in [0.2, 0.25) is 0 Å². The van der Waals surface area contributed by atoms with Gasteiger partial charge in [0.25, 0.3) is 0 Å². The van der Waals surface area contributed by atoms with Crippen molar-refractivity contribution >= 4 is 17.3 Å². The molecule has 0 N–H and O–H groups in total. The van der Waals surface area contributed by atoms with Gasteiger partial charge in [0.1, 0.15) is 0 Å². The lowest BCUT2D eigenvalue weighted by molar-refractivity contribution is -0.166. The molecule has 2 rings (SSSR count). The third-order valence-corrected chi connectivity index (χ3v) is 7.36. The standard InChI is InChI=1S/C27H44O4/c1-19(2)10-7-11-20(3)12-8-13-21(4)14-9-15-26(6)16-17-27(31-26)24(29)22(5)18-23(28)25(27)30/h18-21H,7-17H2,1-6H3/t20-,21-,26?,27?/m1/s1. The van der Waals surface area contributed by atoms with E-state index in [-0.39, 0.29) is 5.78 Å². The van der Waals surface area contributed by atoms with Gasteiger partial charge in [-0.3, -0.25) is 14.4 Å². The molecule has 4 nitrogen and oxygen atoms in total. The van der Waals surface area contributed by atoms with E-state index in [4.69, 9.17) is 4.74 Å². The highest BCUT2D eigenvalue weighted by molar-refractivity contribution is 6.52. The summed E-state index contributed by atoms with van der Waals surface area (Å²) in [5.41, 5.74) is -1.73. The fourth-order valence-corrected chi connectivity index (χ4v) is 5.21. The number of hydrogen-bond donors (Lipinski definition) is 0. The van der Waals surface area contributed by atoms with E-state index >= 15 is 0 Å². The third kappa shape index (κ3) is 6.84. The lowest BCUT2D eigenvalue weighted by Gasteiger charge is -2.32. The summed E-state index contributed by atoms with van der Waals surface area (Å²) in [5, 5.41) is 0. The van der Waals surface area contributed by atoms with Crippen molar-refractivity contribution in [1.82, 2.24) is 0 Å². The number of carbonyl (C=O) groups is 3. The van der Waals surface area contributed by atoms with E-state index in [2.05, 4.69) is 27.7 Å². The van der Waals surface area contributed by atoms with Crippen LogP contribution in [0.25, 0.3) is 0 Å². The highest BCUT2D eigenvalue weighted by Crippen LogP contribution is 2.44. The molecule has 0 aromatic heterocycles. The molecule has 176 valence electrons. The summed E-state index contributed by atoms with van der Waals surface area (Å²) in [6.45, 7) is 12.9. The molecule has 4 heteroatoms. The van der Waals surface area contributed by atoms with Crippen LogP contribution >= 0.6 is 0 Å². The van der Waals surface area contributed by atoms with Crippen LogP contribution < -0.4 is 0 Å². The number of rotatable bonds is 12. The van der Waals surface area contributed by atoms with Gasteiger partial charge in [-0.1, -0.05) is 79.1 Å². The van der Waals surface area contributed by atoms with Gasteiger partial charge in [0.15, 0.2) is 11.4 Å². The van der Waals surface area contributed by atoms with Gasteiger partial charge in [0.2, 0.25) is 11.6 Å². The minimum Gasteiger partial charge on any atom is -0.352 e. The monoisotopic (exact) mass is 432 g/mol. The molecule has 1 fully saturated rings. The van der Waals surface area contributed by atoms with Gasteiger partial charge < -0.3 is 4.74 Å². The highest BCUT2D eigenvalue weighted by Gasteiger charge is 2.59. The third-order valence-electron chi connectivity index (χ3n) is 7.36. The molecule has 0 aromatic rings. The van der Waals surface area contributed by atoms with Gasteiger partial charge in [-0.2, -0.15) is 0 Å². The Morgan fingerprint density at radius 1 is 0.839 bits per heavy atom. The van der Waals surface area contributed by atoms with Crippen LogP contribution in [0.4, 0.5) is 0 Å². The molecule has 1 saturated heterocycles. The molecule has 1 aliphatic heterocycles. The van der Waals surface area contributed by atoms with Crippen molar-refractivity contribution in [2.24, 2.45) is 17.8 Å². The maximum absolute atomic E-state index is 12.7. The average Bonchev–Trinajstić information content (AvgIpc) is 3.04. The number of hydrogen-bond acceptors (Lipinski definition) is 4. The van der Waals surface area contributed by atoms with Crippen molar-refractivity contribution in [3.05, 3.63) is 11.6 Å². The summed E-state index contributed by atoms with van der Waals surface area (Å²) < 4.78 is 6.13. The van der Waals surface area contributed by atoms with E-state index in [1.54, 1.807) is 6.92 Å². The SMILES string of the molecule is CC1=CC(=O)C(=O)C2(CCC(C)(CCC[C@H](C)CCC[C@H](C)CCCC(C)C)O2)C1=O. The quantitative estimate of drug-likeness (QED) is 0.264. The van der Waals surface area contributed by atoms with Gasteiger partial charge in [-0.25, -0.2) is 0 Å². The smallest absolute Gasteiger partial charge is 0.242 e. The largest absolute Gasteiger partial charge is 0.352 e. The molecular formula is C27H44O4. The molecule has 2 unspecified atom stereocenters. The summed E-state index contributed by atoms with van der Waals surface area (Å²) in [6, 6.07) is 0. The van der Waals surface area contributed by atoms with E-state index in [1.165, 1.54) is 38.5 Å². The van der Waals surface area contributed by atoms with Crippen LogP contribution in [-0.2, 0) is 19.1 Å². The number of carbonyl (C=O) groups excluding carboxylic acids is 3. The molecular weight excluding hydrogens is 388 g/mol. The molecule has 0 radical (unpaired) electrons. The van der Waals surface area contributed by atoms with Gasteiger partial charge >= 0.3 is 0 Å². The molecule has 0 amide bonds. The van der Waals surface area contributed by atoms with Crippen molar-refractivity contribution < 1.29 is 19.1 Å². The Morgan fingerprint density at radius 2 is 1.39 bits per heavy atom. The van der Waals surface area contributed by atoms with Crippen LogP contribution in [0.3, 0.4) is 0 Å². The van der Waals surface area contributed by atoms with Crippen LogP contribution in [0.15, 0.2) is 11.6 Å². The molecule has 2 aliphatic rings. The van der Waals surface area contributed by atoms with Crippen LogP contribution in [0.1, 0.15) is 112 Å². The normalized spacial score (nSPS) is 28.5. The summed E-state index contributed by atoms with van der Waals surface area (Å²) in [7, 11) is 0. The first kappa shape index (κ1) is 26.0. The van der Waals surface area contributed by atoms with E-state index < -0.39 is 22.8 Å². The van der Waals surface area contributed by atoms with Crippen LogP contribution in [-0.4, -0.2) is 28.6 Å². The van der Waals surface area contributed by atoms with Gasteiger partial charge in [0, 0.05) is 0 Å². The first-order chi connectivity index (χ1) is 14.5. The van der Waals surface area contributed by atoms with Crippen molar-refractivity contribution in [3.63, 3.8) is 0 Å². The molecule has 0 aromatic carbocycles. The topological polar surface area (TPSA) is 60.4 Å². The number of ether oxygens (including phenoxy) is 1. The van der Waals surface area contributed by atoms with Crippen LogP contribution in [0.5, 0.6) is 0 Å². The Labute approximate surface area is 189 Å². The summed E-state index contributed by atoms with van der Waals surface area (Å²) in [5.74, 6) is 0.696. The minimum absolute atomic E-state index is 0.322. The zero-order valence-corrected chi connectivity index (χ0v) is 20.7. The van der Waals surface area contributed by atoms with Crippen LogP contribution in [0, 0.1) is 17.8 Å². The maximum atomic E-state index is 12.7. The Hall–Kier alpha value is -1.29. The summed E-state index contributed by atoms with van der Waals surface area (Å²) in [6.07, 6.45) is 13.0. The van der Waals surface area contributed by atoms with Crippen molar-refractivity contribution in [3.8, 4) is 0 Å². The average molecular weight is 433 g/mol. The Bertz CT molecular complexity index is 691. The van der Waals surface area contributed by atoms with Crippen molar-refractivity contribution in [2.45, 2.75) is 123 Å². The fraction of sp³-hybridized carbons (Fsp3) is 0.815. The Kier molecular flexibility index (Phi) is 9.24. The Balaban J connectivity index is 1.71. The Morgan fingerprint density at radius 3 is 1.97 bits per heavy atom. The molecule has 4 atom stereocenters. The second kappa shape index (κ2) is 11.0. The van der Waals surface area contributed by atoms with Gasteiger partial charge in [0.05, 0.1) is 5.60 Å². The molecule has 31 heavy (non-hydrogen) atoms. The first-order valence-electron chi connectivity index (χ1n) is 12.5. The summed E-state index contributed by atoms with van der Waals surface area (Å²) in [4.78, 5) is 37.2. The zero-order valence-electron chi connectivity index (χ0n) is 20.7. The van der Waals surface area contributed by atoms with E-state index in [1.807, 2.05) is 6.92 Å². The van der Waals surface area contributed by atoms with E-state index in [0.717, 1.165) is 37.2 Å². The lowest BCUT2D eigenvalue weighted by atomic mass is 9.79. The van der Waals surface area contributed by atoms with E-state index in [0.29, 0.717) is 24.3 Å². The molecule has 1 heterocycles. The molecule has 1 aliphatic carbocycles. The summed E-state index contributed by atoms with van der Waals surface area (Å²) >= 11 is 0. The van der Waals surface area contributed by atoms with Crippen molar-refractivity contribution in [2.75, 3.05) is 0 Å². The zero-order chi connectivity index (χ0) is 23.2. The second-order valence-corrected chi connectivity index (χ2v) is 11.1. The predicted molar refractivity (Wildman–Crippen MR) is 125 cm³/mol. The fourth-order valence-electron chi connectivity index (χ4n) is 5.21. The number of allylic oxidation sites excluding steroid dienone is 1. The predicted octanol–water partition coefficient (Wildman–Crippen LogP) is 6.40. The first-order valence-corrected chi connectivity index (χ1v) is 12.5. The van der Waals surface area contributed by atoms with Gasteiger partial charge in [-0.15, -0.1) is 0 Å². The second-order valence-electron chi connectivity index (χ2n) is 11.1. The van der Waals surface area contributed by atoms with E-state index in [9.17, 15) is 14.4 Å². The number of Topliss-reactive ketones (excluding diaryl/α,β-unsaturated/α-hetero) is 2. The lowest BCUT2D eigenvalue weighted by Crippen LogP contribution is -2.53. The van der Waals surface area contributed by atoms with Crippen molar-refractivity contribution in [1.29, 1.82) is 0 Å². The maximum Gasteiger partial charge on any atom is 0.242 e. The molecule has 1 spiro atoms. The molecule has 0 bridgehead atoms.